The van der Waals surface area contributed by atoms with Gasteiger partial charge in [-0.2, -0.15) is 0 Å². The maximum Gasteiger partial charge on any atom is 0.316 e. The van der Waals surface area contributed by atoms with Gasteiger partial charge in [-0.1, -0.05) is 6.07 Å². The minimum atomic E-state index is -0.830. The van der Waals surface area contributed by atoms with E-state index in [1.54, 1.807) is 19.1 Å². The average Bonchev–Trinajstić information content (AvgIpc) is 2.38. The Morgan fingerprint density at radius 3 is 2.58 bits per heavy atom. The van der Waals surface area contributed by atoms with Crippen LogP contribution in [-0.4, -0.2) is 30.6 Å². The summed E-state index contributed by atoms with van der Waals surface area (Å²) in [7, 11) is 1.25. The van der Waals surface area contributed by atoms with E-state index < -0.39 is 11.9 Å². The number of aromatic hydroxyl groups is 1. The minimum Gasteiger partial charge on any atom is -0.504 e. The van der Waals surface area contributed by atoms with Gasteiger partial charge in [-0.25, -0.2) is 0 Å². The van der Waals surface area contributed by atoms with Gasteiger partial charge in [0.25, 0.3) is 0 Å². The zero-order valence-corrected chi connectivity index (χ0v) is 11.3. The van der Waals surface area contributed by atoms with Crippen molar-refractivity contribution in [2.75, 3.05) is 13.7 Å². The van der Waals surface area contributed by atoms with Crippen molar-refractivity contribution < 1.29 is 24.2 Å². The highest BCUT2D eigenvalue weighted by Gasteiger charge is 2.24. The molecule has 5 heteroatoms. The minimum absolute atomic E-state index is 0.0306. The first-order valence-electron chi connectivity index (χ1n) is 6.02. The number of phenolic OH excluding ortho intramolecular Hbond substituents is 1. The van der Waals surface area contributed by atoms with Gasteiger partial charge < -0.3 is 14.6 Å². The number of ether oxygens (including phenoxy) is 2. The van der Waals surface area contributed by atoms with E-state index >= 15 is 0 Å². The van der Waals surface area contributed by atoms with Crippen LogP contribution < -0.4 is 4.74 Å². The number of carbonyl (C=O) groups is 2. The predicted molar refractivity (Wildman–Crippen MR) is 69.2 cm³/mol. The molecule has 0 aliphatic carbocycles. The molecular formula is C14H18O5. The molecule has 1 atom stereocenters. The Labute approximate surface area is 112 Å². The third-order valence-electron chi connectivity index (χ3n) is 2.74. The molecule has 1 unspecified atom stereocenters. The van der Waals surface area contributed by atoms with E-state index in [1.165, 1.54) is 20.1 Å². The van der Waals surface area contributed by atoms with Gasteiger partial charge in [0.1, 0.15) is 11.7 Å². The van der Waals surface area contributed by atoms with Crippen LogP contribution in [0.3, 0.4) is 0 Å². The van der Waals surface area contributed by atoms with Crippen molar-refractivity contribution >= 4 is 11.8 Å². The second-order valence-corrected chi connectivity index (χ2v) is 4.13. The van der Waals surface area contributed by atoms with Gasteiger partial charge in [-0.05, 0) is 38.0 Å². The topological polar surface area (TPSA) is 72.8 Å². The van der Waals surface area contributed by atoms with E-state index in [9.17, 15) is 14.7 Å². The monoisotopic (exact) mass is 266 g/mol. The highest BCUT2D eigenvalue weighted by Crippen LogP contribution is 2.28. The third kappa shape index (κ3) is 3.98. The van der Waals surface area contributed by atoms with Crippen LogP contribution in [0.15, 0.2) is 18.2 Å². The van der Waals surface area contributed by atoms with Crippen LogP contribution in [0.2, 0.25) is 0 Å². The first-order valence-corrected chi connectivity index (χ1v) is 6.02. The number of Topliss-reactive ketones (excluding diaryl/α,β-unsaturated/α-hetero) is 1. The average molecular weight is 266 g/mol. The maximum atomic E-state index is 11.5. The molecule has 1 N–H and O–H groups in total. The van der Waals surface area contributed by atoms with Crippen molar-refractivity contribution in [3.63, 3.8) is 0 Å². The van der Waals surface area contributed by atoms with Crippen LogP contribution in [0.5, 0.6) is 11.5 Å². The molecule has 0 saturated carbocycles. The van der Waals surface area contributed by atoms with Crippen LogP contribution in [-0.2, 0) is 20.7 Å². The van der Waals surface area contributed by atoms with Gasteiger partial charge >= 0.3 is 5.97 Å². The number of esters is 1. The molecule has 5 nitrogen and oxygen atoms in total. The summed E-state index contributed by atoms with van der Waals surface area (Å²) >= 11 is 0. The van der Waals surface area contributed by atoms with Crippen molar-refractivity contribution in [3.8, 4) is 11.5 Å². The highest BCUT2D eigenvalue weighted by atomic mass is 16.5. The second kappa shape index (κ2) is 6.78. The molecule has 0 aromatic heterocycles. The van der Waals surface area contributed by atoms with Gasteiger partial charge in [0, 0.05) is 0 Å². The summed E-state index contributed by atoms with van der Waals surface area (Å²) in [5.74, 6) is -1.27. The summed E-state index contributed by atoms with van der Waals surface area (Å²) in [5.41, 5.74) is 0.729. The third-order valence-corrected chi connectivity index (χ3v) is 2.74. The van der Waals surface area contributed by atoms with Gasteiger partial charge in [0.2, 0.25) is 0 Å². The van der Waals surface area contributed by atoms with Crippen molar-refractivity contribution in [3.05, 3.63) is 23.8 Å². The molecule has 0 bridgehead atoms. The Morgan fingerprint density at radius 2 is 2.05 bits per heavy atom. The molecule has 19 heavy (non-hydrogen) atoms. The molecular weight excluding hydrogens is 248 g/mol. The standard InChI is InChI=1S/C14H18O5/c1-4-19-13-8-10(5-6-12(13)16)7-11(9(2)15)14(17)18-3/h5-6,8,11,16H,4,7H2,1-3H3. The Balaban J connectivity index is 2.93. The molecule has 0 fully saturated rings. The summed E-state index contributed by atoms with van der Waals surface area (Å²) < 4.78 is 9.86. The molecule has 0 amide bonds. The van der Waals surface area contributed by atoms with E-state index in [0.717, 1.165) is 5.56 Å². The summed E-state index contributed by atoms with van der Waals surface area (Å²) in [5, 5.41) is 9.58. The number of rotatable bonds is 6. The van der Waals surface area contributed by atoms with E-state index in [1.807, 2.05) is 0 Å². The number of phenols is 1. The van der Waals surface area contributed by atoms with E-state index in [2.05, 4.69) is 4.74 Å². The lowest BCUT2D eigenvalue weighted by atomic mass is 9.96. The van der Waals surface area contributed by atoms with Crippen LogP contribution in [0.4, 0.5) is 0 Å². The first-order chi connectivity index (χ1) is 8.99. The smallest absolute Gasteiger partial charge is 0.316 e. The fourth-order valence-electron chi connectivity index (χ4n) is 1.73. The molecule has 0 spiro atoms. The Morgan fingerprint density at radius 1 is 1.37 bits per heavy atom. The SMILES string of the molecule is CCOc1cc(CC(C(C)=O)C(=O)OC)ccc1O. The largest absolute Gasteiger partial charge is 0.504 e. The molecule has 0 saturated heterocycles. The quantitative estimate of drug-likeness (QED) is 0.627. The van der Waals surface area contributed by atoms with Crippen LogP contribution in [0.25, 0.3) is 0 Å². The van der Waals surface area contributed by atoms with Crippen molar-refractivity contribution in [1.29, 1.82) is 0 Å². The number of benzene rings is 1. The number of ketones is 1. The fourth-order valence-corrected chi connectivity index (χ4v) is 1.73. The Hall–Kier alpha value is -2.04. The Kier molecular flexibility index (Phi) is 5.36. The summed E-state index contributed by atoms with van der Waals surface area (Å²) in [6, 6.07) is 4.75. The van der Waals surface area contributed by atoms with Crippen molar-refractivity contribution in [1.82, 2.24) is 0 Å². The number of hydrogen-bond donors (Lipinski definition) is 1. The molecule has 0 heterocycles. The number of methoxy groups -OCH3 is 1. The molecule has 0 radical (unpaired) electrons. The fraction of sp³-hybridized carbons (Fsp3) is 0.429. The molecule has 0 aliphatic heterocycles. The summed E-state index contributed by atoms with van der Waals surface area (Å²) in [6.45, 7) is 3.58. The highest BCUT2D eigenvalue weighted by molar-refractivity contribution is 5.97. The Bertz CT molecular complexity index is 467. The summed E-state index contributed by atoms with van der Waals surface area (Å²) in [6.07, 6.45) is 0.225. The molecule has 104 valence electrons. The summed E-state index contributed by atoms with van der Waals surface area (Å²) in [4.78, 5) is 23.0. The lowest BCUT2D eigenvalue weighted by Crippen LogP contribution is -2.25. The molecule has 1 aromatic rings. The zero-order valence-electron chi connectivity index (χ0n) is 11.3. The van der Waals surface area contributed by atoms with Gasteiger partial charge in [0.15, 0.2) is 11.5 Å². The predicted octanol–water partition coefficient (Wildman–Crippen LogP) is 1.71. The molecule has 1 rings (SSSR count). The second-order valence-electron chi connectivity index (χ2n) is 4.13. The van der Waals surface area contributed by atoms with Gasteiger partial charge in [0.05, 0.1) is 13.7 Å². The number of carbonyl (C=O) groups excluding carboxylic acids is 2. The van der Waals surface area contributed by atoms with Crippen molar-refractivity contribution in [2.24, 2.45) is 5.92 Å². The van der Waals surface area contributed by atoms with Crippen LogP contribution in [0.1, 0.15) is 19.4 Å². The first kappa shape index (κ1) is 15.0. The number of hydrogen-bond acceptors (Lipinski definition) is 5. The normalized spacial score (nSPS) is 11.7. The van der Waals surface area contributed by atoms with Crippen LogP contribution >= 0.6 is 0 Å². The molecule has 1 aromatic carbocycles. The van der Waals surface area contributed by atoms with E-state index in [0.29, 0.717) is 12.4 Å². The molecule has 0 aliphatic rings. The zero-order chi connectivity index (χ0) is 14.4. The van der Waals surface area contributed by atoms with Crippen molar-refractivity contribution in [2.45, 2.75) is 20.3 Å². The lowest BCUT2D eigenvalue weighted by Gasteiger charge is -2.13. The van der Waals surface area contributed by atoms with Gasteiger partial charge in [-0.15, -0.1) is 0 Å². The van der Waals surface area contributed by atoms with E-state index in [-0.39, 0.29) is 18.0 Å². The van der Waals surface area contributed by atoms with Crippen LogP contribution in [0, 0.1) is 5.92 Å². The lowest BCUT2D eigenvalue weighted by molar-refractivity contribution is -0.148. The van der Waals surface area contributed by atoms with E-state index in [4.69, 9.17) is 4.74 Å². The van der Waals surface area contributed by atoms with Gasteiger partial charge in [-0.3, -0.25) is 9.59 Å². The maximum absolute atomic E-state index is 11.5.